The molecule has 0 fully saturated rings. The topological polar surface area (TPSA) is 81.1 Å². The molecule has 1 heterocycles. The van der Waals surface area contributed by atoms with Crippen molar-refractivity contribution in [1.29, 1.82) is 0 Å². The van der Waals surface area contributed by atoms with Crippen LogP contribution in [0.1, 0.15) is 11.1 Å². The minimum atomic E-state index is -3.26. The van der Waals surface area contributed by atoms with Crippen molar-refractivity contribution in [3.8, 4) is 5.69 Å². The highest BCUT2D eigenvalue weighted by molar-refractivity contribution is 7.90. The summed E-state index contributed by atoms with van der Waals surface area (Å²) < 4.78 is 26.0. The summed E-state index contributed by atoms with van der Waals surface area (Å²) in [5, 5.41) is 6.83. The quantitative estimate of drug-likeness (QED) is 0.646. The smallest absolute Gasteiger partial charge is 0.224 e. The Morgan fingerprint density at radius 2 is 1.70 bits per heavy atom. The number of carbonyl (C=O) groups excluding carboxylic acids is 1. The van der Waals surface area contributed by atoms with Gasteiger partial charge in [-0.2, -0.15) is 5.10 Å². The van der Waals surface area contributed by atoms with Crippen LogP contribution in [0.3, 0.4) is 0 Å². The minimum Gasteiger partial charge on any atom is -0.355 e. The summed E-state index contributed by atoms with van der Waals surface area (Å²) >= 11 is 0. The first-order valence-electron chi connectivity index (χ1n) is 8.62. The van der Waals surface area contributed by atoms with Gasteiger partial charge in [-0.25, -0.2) is 13.1 Å². The minimum absolute atomic E-state index is 0.0153. The molecular weight excluding hydrogens is 362 g/mol. The van der Waals surface area contributed by atoms with Crippen molar-refractivity contribution in [3.63, 3.8) is 0 Å². The molecule has 27 heavy (non-hydrogen) atoms. The standard InChI is InChI=1S/C20H21N3O3S/c24-20(15-17-7-9-19(10-8-17)23-13-4-11-22-23)21-12-14-27(25,26)16-18-5-2-1-3-6-18/h1-11,13H,12,14-16H2,(H,21,24). The molecule has 1 aromatic heterocycles. The van der Waals surface area contributed by atoms with Crippen LogP contribution in [0, 0.1) is 0 Å². The number of hydrogen-bond acceptors (Lipinski definition) is 4. The van der Waals surface area contributed by atoms with Crippen LogP contribution < -0.4 is 5.32 Å². The lowest BCUT2D eigenvalue weighted by atomic mass is 10.1. The van der Waals surface area contributed by atoms with E-state index in [0.29, 0.717) is 0 Å². The van der Waals surface area contributed by atoms with Crippen LogP contribution in [0.15, 0.2) is 73.1 Å². The zero-order chi connectivity index (χ0) is 19.1. The van der Waals surface area contributed by atoms with Gasteiger partial charge >= 0.3 is 0 Å². The third-order valence-electron chi connectivity index (χ3n) is 4.03. The third-order valence-corrected chi connectivity index (χ3v) is 5.63. The first-order valence-corrected chi connectivity index (χ1v) is 10.4. The number of nitrogens with one attached hydrogen (secondary N) is 1. The Morgan fingerprint density at radius 3 is 2.37 bits per heavy atom. The predicted octanol–water partition coefficient (Wildman–Crippen LogP) is 2.15. The molecule has 1 amide bonds. The van der Waals surface area contributed by atoms with Gasteiger partial charge in [-0.05, 0) is 29.3 Å². The zero-order valence-corrected chi connectivity index (χ0v) is 15.6. The second kappa shape index (κ2) is 8.64. The lowest BCUT2D eigenvalue weighted by Gasteiger charge is -2.08. The number of rotatable bonds is 8. The first kappa shape index (κ1) is 18.8. The maximum absolute atomic E-state index is 12.1. The molecule has 0 unspecified atom stereocenters. The molecule has 0 atom stereocenters. The maximum Gasteiger partial charge on any atom is 0.224 e. The highest BCUT2D eigenvalue weighted by Gasteiger charge is 2.12. The molecule has 0 radical (unpaired) electrons. The second-order valence-corrected chi connectivity index (χ2v) is 8.41. The van der Waals surface area contributed by atoms with Crippen LogP contribution in [0.4, 0.5) is 0 Å². The molecule has 7 heteroatoms. The Labute approximate surface area is 158 Å². The highest BCUT2D eigenvalue weighted by atomic mass is 32.2. The van der Waals surface area contributed by atoms with Gasteiger partial charge in [0.1, 0.15) is 0 Å². The SMILES string of the molecule is O=C(Cc1ccc(-n2cccn2)cc1)NCCS(=O)(=O)Cc1ccccc1. The average molecular weight is 383 g/mol. The van der Waals surface area contributed by atoms with Gasteiger partial charge in [0.15, 0.2) is 9.84 Å². The van der Waals surface area contributed by atoms with E-state index in [2.05, 4.69) is 10.4 Å². The predicted molar refractivity (Wildman–Crippen MR) is 104 cm³/mol. The van der Waals surface area contributed by atoms with Crippen molar-refractivity contribution in [1.82, 2.24) is 15.1 Å². The Hall–Kier alpha value is -2.93. The molecule has 0 aliphatic heterocycles. The zero-order valence-electron chi connectivity index (χ0n) is 14.8. The first-order chi connectivity index (χ1) is 13.0. The van der Waals surface area contributed by atoms with Gasteiger partial charge in [-0.1, -0.05) is 42.5 Å². The summed E-state index contributed by atoms with van der Waals surface area (Å²) in [6.07, 6.45) is 3.75. The van der Waals surface area contributed by atoms with E-state index in [1.807, 2.05) is 54.7 Å². The maximum atomic E-state index is 12.1. The molecule has 0 bridgehead atoms. The van der Waals surface area contributed by atoms with E-state index in [1.54, 1.807) is 23.0 Å². The molecule has 2 aromatic carbocycles. The van der Waals surface area contributed by atoms with Crippen LogP contribution in [0.2, 0.25) is 0 Å². The summed E-state index contributed by atoms with van der Waals surface area (Å²) in [6.45, 7) is 0.110. The van der Waals surface area contributed by atoms with E-state index >= 15 is 0 Å². The number of sulfone groups is 1. The van der Waals surface area contributed by atoms with Gasteiger partial charge in [0.05, 0.1) is 23.6 Å². The van der Waals surface area contributed by atoms with Crippen molar-refractivity contribution < 1.29 is 13.2 Å². The van der Waals surface area contributed by atoms with E-state index in [1.165, 1.54) is 0 Å². The molecule has 0 aliphatic rings. The molecule has 140 valence electrons. The van der Waals surface area contributed by atoms with Crippen LogP contribution in [-0.4, -0.2) is 36.4 Å². The van der Waals surface area contributed by atoms with Crippen LogP contribution in [0.25, 0.3) is 5.69 Å². The fraction of sp³-hybridized carbons (Fsp3) is 0.200. The van der Waals surface area contributed by atoms with E-state index in [-0.39, 0.29) is 30.4 Å². The number of hydrogen-bond donors (Lipinski definition) is 1. The summed E-state index contributed by atoms with van der Waals surface area (Å²) in [5.74, 6) is -0.290. The van der Waals surface area contributed by atoms with E-state index < -0.39 is 9.84 Å². The second-order valence-electron chi connectivity index (χ2n) is 6.22. The van der Waals surface area contributed by atoms with E-state index in [0.717, 1.165) is 16.8 Å². The molecule has 0 saturated heterocycles. The van der Waals surface area contributed by atoms with E-state index in [4.69, 9.17) is 0 Å². The van der Waals surface area contributed by atoms with Gasteiger partial charge in [0.2, 0.25) is 5.91 Å². The van der Waals surface area contributed by atoms with E-state index in [9.17, 15) is 13.2 Å². The van der Waals surface area contributed by atoms with Gasteiger partial charge in [0, 0.05) is 18.9 Å². The number of nitrogens with zero attached hydrogens (tertiary/aromatic N) is 2. The number of amides is 1. The van der Waals surface area contributed by atoms with Gasteiger partial charge < -0.3 is 5.32 Å². The van der Waals surface area contributed by atoms with Crippen LogP contribution in [0.5, 0.6) is 0 Å². The summed E-state index contributed by atoms with van der Waals surface area (Å²) in [5.41, 5.74) is 2.52. The number of carbonyl (C=O) groups is 1. The third kappa shape index (κ3) is 5.79. The number of benzene rings is 2. The fourth-order valence-corrected chi connectivity index (χ4v) is 3.94. The fourth-order valence-electron chi connectivity index (χ4n) is 2.68. The van der Waals surface area contributed by atoms with Gasteiger partial charge in [-0.15, -0.1) is 0 Å². The molecule has 1 N–H and O–H groups in total. The largest absolute Gasteiger partial charge is 0.355 e. The van der Waals surface area contributed by atoms with Gasteiger partial charge in [0.25, 0.3) is 0 Å². The number of aromatic nitrogens is 2. The Bertz CT molecular complexity index is 967. The van der Waals surface area contributed by atoms with Crippen molar-refractivity contribution in [3.05, 3.63) is 84.2 Å². The lowest BCUT2D eigenvalue weighted by molar-refractivity contribution is -0.120. The normalized spacial score (nSPS) is 11.3. The van der Waals surface area contributed by atoms with Crippen LogP contribution >= 0.6 is 0 Å². The highest BCUT2D eigenvalue weighted by Crippen LogP contribution is 2.09. The van der Waals surface area contributed by atoms with Crippen molar-refractivity contribution in [2.45, 2.75) is 12.2 Å². The molecule has 3 rings (SSSR count). The average Bonchev–Trinajstić information content (AvgIpc) is 3.17. The summed E-state index contributed by atoms with van der Waals surface area (Å²) in [4.78, 5) is 12.0. The van der Waals surface area contributed by atoms with Crippen molar-refractivity contribution in [2.75, 3.05) is 12.3 Å². The molecular formula is C20H21N3O3S. The molecule has 0 spiro atoms. The summed E-state index contributed by atoms with van der Waals surface area (Å²) in [6, 6.07) is 18.4. The lowest BCUT2D eigenvalue weighted by Crippen LogP contribution is -2.30. The molecule has 0 aliphatic carbocycles. The van der Waals surface area contributed by atoms with Crippen molar-refractivity contribution in [2.24, 2.45) is 0 Å². The Balaban J connectivity index is 1.45. The molecule has 6 nitrogen and oxygen atoms in total. The summed E-state index contributed by atoms with van der Waals surface area (Å²) in [7, 11) is -3.26. The van der Waals surface area contributed by atoms with Gasteiger partial charge in [-0.3, -0.25) is 4.79 Å². The van der Waals surface area contributed by atoms with Crippen molar-refractivity contribution >= 4 is 15.7 Å². The Morgan fingerprint density at radius 1 is 0.963 bits per heavy atom. The monoisotopic (exact) mass is 383 g/mol. The molecule has 3 aromatic rings. The molecule has 0 saturated carbocycles. The van der Waals surface area contributed by atoms with Crippen LogP contribution in [-0.2, 0) is 26.8 Å². The Kier molecular flexibility index (Phi) is 6.03.